The Kier molecular flexibility index (Phi) is 13.6. The van der Waals surface area contributed by atoms with Gasteiger partial charge in [-0.05, 0) is 41.8 Å². The Hall–Kier alpha value is -2.45. The second-order valence-electron chi connectivity index (χ2n) is 8.55. The van der Waals surface area contributed by atoms with E-state index in [2.05, 4.69) is 38.1 Å². The Bertz CT molecular complexity index is 904. The molecule has 196 valence electrons. The smallest absolute Gasteiger partial charge is 0.122 e. The molecule has 0 bridgehead atoms. The highest BCUT2D eigenvalue weighted by molar-refractivity contribution is 6.18. The van der Waals surface area contributed by atoms with E-state index in [0.29, 0.717) is 25.3 Å². The summed E-state index contributed by atoms with van der Waals surface area (Å²) < 4.78 is 11.5. The Labute approximate surface area is 215 Å². The summed E-state index contributed by atoms with van der Waals surface area (Å²) in [4.78, 5) is 0. The lowest BCUT2D eigenvalue weighted by Gasteiger charge is -2.27. The van der Waals surface area contributed by atoms with E-state index in [4.69, 9.17) is 37.8 Å². The van der Waals surface area contributed by atoms with Crippen molar-refractivity contribution in [3.8, 4) is 11.5 Å². The van der Waals surface area contributed by atoms with Crippen LogP contribution in [0.25, 0.3) is 0 Å². The van der Waals surface area contributed by atoms with Crippen LogP contribution in [0, 0.1) is 6.92 Å². The van der Waals surface area contributed by atoms with E-state index in [0.717, 1.165) is 22.6 Å². The van der Waals surface area contributed by atoms with Gasteiger partial charge in [0.2, 0.25) is 0 Å². The number of rotatable bonds is 13. The molecule has 7 nitrogen and oxygen atoms in total. The van der Waals surface area contributed by atoms with Crippen molar-refractivity contribution in [1.82, 2.24) is 5.01 Å². The third-order valence-electron chi connectivity index (χ3n) is 5.43. The van der Waals surface area contributed by atoms with Gasteiger partial charge in [0.05, 0.1) is 24.8 Å². The maximum Gasteiger partial charge on any atom is 0.122 e. The first-order chi connectivity index (χ1) is 16.7. The summed E-state index contributed by atoms with van der Waals surface area (Å²) in [5.41, 5.74) is 8.99. The van der Waals surface area contributed by atoms with Gasteiger partial charge in [-0.2, -0.15) is 0 Å². The van der Waals surface area contributed by atoms with Crippen molar-refractivity contribution in [2.75, 3.05) is 32.2 Å². The molecule has 1 unspecified atom stereocenters. The molecule has 0 aliphatic heterocycles. The first kappa shape index (κ1) is 30.6. The normalized spacial score (nSPS) is 12.4. The summed E-state index contributed by atoms with van der Waals surface area (Å²) in [5, 5.41) is 20.0. The highest BCUT2D eigenvalue weighted by Crippen LogP contribution is 2.34. The molecule has 2 aromatic carbocycles. The van der Waals surface area contributed by atoms with Crippen LogP contribution in [-0.4, -0.2) is 53.6 Å². The summed E-state index contributed by atoms with van der Waals surface area (Å²) in [6.07, 6.45) is 1.55. The first-order valence-electron chi connectivity index (χ1n) is 12.0. The molecule has 0 aliphatic carbocycles. The number of aryl methyl sites for hydroxylation is 1. The van der Waals surface area contributed by atoms with Crippen LogP contribution in [0.4, 0.5) is 0 Å². The number of aliphatic hydroxyl groups is 2. The Morgan fingerprint density at radius 2 is 1.74 bits per heavy atom. The molecule has 0 saturated heterocycles. The summed E-state index contributed by atoms with van der Waals surface area (Å²) in [5.74, 6) is 7.48. The van der Waals surface area contributed by atoms with Gasteiger partial charge >= 0.3 is 0 Å². The van der Waals surface area contributed by atoms with Crippen LogP contribution in [0.5, 0.6) is 11.5 Å². The zero-order valence-electron chi connectivity index (χ0n) is 21.6. The number of aliphatic hydroxyl groups excluding tert-OH is 2. The Morgan fingerprint density at radius 1 is 1.11 bits per heavy atom. The monoisotopic (exact) mass is 507 g/mol. The maximum atomic E-state index is 9.61. The van der Waals surface area contributed by atoms with Crippen LogP contribution >= 0.6 is 11.6 Å². The number of benzene rings is 2. The lowest BCUT2D eigenvalue weighted by atomic mass is 9.77. The molecular formula is C27H42ClN3O4. The van der Waals surface area contributed by atoms with E-state index in [9.17, 15) is 5.11 Å². The third kappa shape index (κ3) is 9.98. The summed E-state index contributed by atoms with van der Waals surface area (Å²) in [7, 11) is 0. The number of alkyl halides is 1. The van der Waals surface area contributed by atoms with Gasteiger partial charge in [0, 0.05) is 24.6 Å². The van der Waals surface area contributed by atoms with Crippen molar-refractivity contribution >= 4 is 11.6 Å². The van der Waals surface area contributed by atoms with E-state index < -0.39 is 6.10 Å². The molecule has 2 aromatic rings. The number of nitrogens with zero attached hydrogens (tertiary/aromatic N) is 1. The number of nitrogens with two attached hydrogens (primary N) is 2. The van der Waals surface area contributed by atoms with E-state index in [1.807, 2.05) is 39.0 Å². The van der Waals surface area contributed by atoms with Crippen LogP contribution in [-0.2, 0) is 5.41 Å². The molecule has 0 aromatic heterocycles. The average Bonchev–Trinajstić information content (AvgIpc) is 2.86. The van der Waals surface area contributed by atoms with Gasteiger partial charge in [-0.15, -0.1) is 11.6 Å². The van der Waals surface area contributed by atoms with Crippen LogP contribution in [0.3, 0.4) is 0 Å². The highest BCUT2D eigenvalue weighted by atomic mass is 35.5. The van der Waals surface area contributed by atoms with Crippen molar-refractivity contribution in [1.29, 1.82) is 0 Å². The molecular weight excluding hydrogens is 466 g/mol. The molecule has 0 radical (unpaired) electrons. The SMILES string of the molecule is CC.Cc1cc(C(C)(C)c2ccc(OCCCN(N)/C=C(\N)CO)cc2)ccc1OCC(O)CCl. The molecule has 2 rings (SSSR count). The standard InChI is InChI=1S/C25H36ClN3O4.C2H6/c1-18-13-20(7-10-24(18)33-17-22(31)14-26)25(2,3)19-5-8-23(9-6-19)32-12-4-11-29(28)15-21(27)16-30;1-2/h5-10,13,15,22,30-31H,4,11-12,14,16-17,27-28H2,1-3H3;1-2H3/b21-15-;. The van der Waals surface area contributed by atoms with Crippen molar-refractivity contribution in [2.45, 2.75) is 52.6 Å². The summed E-state index contributed by atoms with van der Waals surface area (Å²) >= 11 is 5.63. The maximum absolute atomic E-state index is 9.61. The van der Waals surface area contributed by atoms with Crippen LogP contribution in [0.15, 0.2) is 54.4 Å². The zero-order chi connectivity index (χ0) is 26.4. The molecule has 6 N–H and O–H groups in total. The van der Waals surface area contributed by atoms with E-state index in [1.165, 1.54) is 16.8 Å². The van der Waals surface area contributed by atoms with Crippen molar-refractivity contribution in [3.63, 3.8) is 0 Å². The Balaban J connectivity index is 0.00000298. The van der Waals surface area contributed by atoms with E-state index >= 15 is 0 Å². The summed E-state index contributed by atoms with van der Waals surface area (Å²) in [6, 6.07) is 14.2. The van der Waals surface area contributed by atoms with Gasteiger partial charge in [-0.1, -0.05) is 52.0 Å². The molecule has 0 aliphatic rings. The topological polar surface area (TPSA) is 114 Å². The van der Waals surface area contributed by atoms with Gasteiger partial charge in [-0.25, -0.2) is 5.84 Å². The second-order valence-corrected chi connectivity index (χ2v) is 8.86. The van der Waals surface area contributed by atoms with Crippen molar-refractivity contribution < 1.29 is 19.7 Å². The highest BCUT2D eigenvalue weighted by Gasteiger charge is 2.24. The third-order valence-corrected chi connectivity index (χ3v) is 5.78. The number of halogens is 1. The van der Waals surface area contributed by atoms with E-state index in [1.54, 1.807) is 0 Å². The molecule has 0 saturated carbocycles. The predicted molar refractivity (Wildman–Crippen MR) is 144 cm³/mol. The van der Waals surface area contributed by atoms with Crippen LogP contribution in [0.2, 0.25) is 0 Å². The predicted octanol–water partition coefficient (Wildman–Crippen LogP) is 4.06. The fraction of sp³-hybridized carbons (Fsp3) is 0.481. The zero-order valence-corrected chi connectivity index (χ0v) is 22.4. The Morgan fingerprint density at radius 3 is 2.31 bits per heavy atom. The fourth-order valence-electron chi connectivity index (χ4n) is 3.32. The van der Waals surface area contributed by atoms with Crippen molar-refractivity contribution in [3.05, 3.63) is 71.1 Å². The molecule has 0 fully saturated rings. The number of hydrazine groups is 1. The molecule has 0 amide bonds. The lowest BCUT2D eigenvalue weighted by Crippen LogP contribution is -2.29. The quantitative estimate of drug-likeness (QED) is 0.140. The van der Waals surface area contributed by atoms with Gasteiger partial charge in [0.25, 0.3) is 0 Å². The minimum atomic E-state index is -0.681. The number of hydrogen-bond acceptors (Lipinski definition) is 7. The first-order valence-corrected chi connectivity index (χ1v) is 12.5. The lowest BCUT2D eigenvalue weighted by molar-refractivity contribution is 0.125. The molecule has 35 heavy (non-hydrogen) atoms. The van der Waals surface area contributed by atoms with E-state index in [-0.39, 0.29) is 24.5 Å². The second kappa shape index (κ2) is 15.5. The summed E-state index contributed by atoms with van der Waals surface area (Å²) in [6.45, 7) is 11.4. The minimum absolute atomic E-state index is 0.145. The fourth-order valence-corrected chi connectivity index (χ4v) is 3.41. The largest absolute Gasteiger partial charge is 0.494 e. The van der Waals surface area contributed by atoms with Crippen LogP contribution in [0.1, 0.15) is 50.8 Å². The van der Waals surface area contributed by atoms with Gasteiger partial charge < -0.3 is 30.4 Å². The number of hydrogen-bond donors (Lipinski definition) is 4. The average molecular weight is 508 g/mol. The van der Waals surface area contributed by atoms with Crippen molar-refractivity contribution in [2.24, 2.45) is 11.6 Å². The number of ether oxygens (including phenoxy) is 2. The van der Waals surface area contributed by atoms with Gasteiger partial charge in [-0.3, -0.25) is 0 Å². The van der Waals surface area contributed by atoms with Gasteiger partial charge in [0.15, 0.2) is 0 Å². The molecule has 1 atom stereocenters. The minimum Gasteiger partial charge on any atom is -0.494 e. The molecule has 8 heteroatoms. The molecule has 0 heterocycles. The van der Waals surface area contributed by atoms with Gasteiger partial charge in [0.1, 0.15) is 24.2 Å². The van der Waals surface area contributed by atoms with Crippen LogP contribution < -0.4 is 21.1 Å². The molecule has 0 spiro atoms.